The average Bonchev–Trinajstić information content (AvgIpc) is 2.15. The van der Waals surface area contributed by atoms with Gasteiger partial charge in [-0.1, -0.05) is 23.7 Å². The molecule has 0 unspecified atom stereocenters. The van der Waals surface area contributed by atoms with E-state index in [4.69, 9.17) is 21.4 Å². The zero-order valence-electron chi connectivity index (χ0n) is 8.61. The van der Waals surface area contributed by atoms with Crippen LogP contribution in [0.25, 0.3) is 0 Å². The fraction of sp³-hybridized carbons (Fsp3) is 0.364. The van der Waals surface area contributed by atoms with Gasteiger partial charge in [0, 0.05) is 5.02 Å². The van der Waals surface area contributed by atoms with Crippen molar-refractivity contribution in [1.82, 2.24) is 0 Å². The lowest BCUT2D eigenvalue weighted by atomic mass is 10.1. The Bertz CT molecular complexity index is 332. The highest BCUT2D eigenvalue weighted by molar-refractivity contribution is 6.30. The molecule has 1 atom stereocenters. The maximum atomic E-state index is 11.0. The minimum absolute atomic E-state index is 0.137. The van der Waals surface area contributed by atoms with Gasteiger partial charge in [-0.15, -0.1) is 0 Å². The number of benzene rings is 1. The summed E-state index contributed by atoms with van der Waals surface area (Å²) < 4.78 is 5.30. The Morgan fingerprint density at radius 2 is 1.87 bits per heavy atom. The first-order valence-electron chi connectivity index (χ1n) is 4.64. The van der Waals surface area contributed by atoms with E-state index in [1.165, 1.54) is 0 Å². The van der Waals surface area contributed by atoms with E-state index in [1.54, 1.807) is 38.1 Å². The Labute approximate surface area is 93.6 Å². The van der Waals surface area contributed by atoms with Crippen molar-refractivity contribution in [2.24, 2.45) is 0 Å². The summed E-state index contributed by atoms with van der Waals surface area (Å²) in [4.78, 5) is 11.0. The Morgan fingerprint density at radius 3 is 2.27 bits per heavy atom. The number of carboxylic acids is 1. The highest BCUT2D eigenvalue weighted by atomic mass is 35.5. The maximum Gasteiger partial charge on any atom is 0.337 e. The lowest BCUT2D eigenvalue weighted by Gasteiger charge is -2.16. The number of aliphatic carboxylic acids is 1. The lowest BCUT2D eigenvalue weighted by Crippen LogP contribution is -2.19. The van der Waals surface area contributed by atoms with E-state index in [0.29, 0.717) is 10.6 Å². The van der Waals surface area contributed by atoms with Gasteiger partial charge in [0.15, 0.2) is 6.10 Å². The van der Waals surface area contributed by atoms with Crippen LogP contribution in [0.1, 0.15) is 25.5 Å². The highest BCUT2D eigenvalue weighted by Gasteiger charge is 2.21. The molecule has 0 aromatic heterocycles. The predicted octanol–water partition coefficient (Wildman–Crippen LogP) is 2.89. The summed E-state index contributed by atoms with van der Waals surface area (Å²) in [5.41, 5.74) is 0.598. The quantitative estimate of drug-likeness (QED) is 0.862. The van der Waals surface area contributed by atoms with Gasteiger partial charge >= 0.3 is 5.97 Å². The predicted molar refractivity (Wildman–Crippen MR) is 58.0 cm³/mol. The summed E-state index contributed by atoms with van der Waals surface area (Å²) in [6, 6.07) is 6.61. The number of hydrogen-bond donors (Lipinski definition) is 1. The van der Waals surface area contributed by atoms with Gasteiger partial charge in [0.1, 0.15) is 0 Å². The van der Waals surface area contributed by atoms with Crippen molar-refractivity contribution in [3.63, 3.8) is 0 Å². The van der Waals surface area contributed by atoms with Crippen LogP contribution in [-0.4, -0.2) is 17.2 Å². The van der Waals surface area contributed by atoms with E-state index < -0.39 is 12.1 Å². The van der Waals surface area contributed by atoms with E-state index in [-0.39, 0.29) is 6.10 Å². The number of carboxylic acid groups (broad SMARTS) is 1. The van der Waals surface area contributed by atoms with Crippen molar-refractivity contribution < 1.29 is 14.6 Å². The first-order valence-corrected chi connectivity index (χ1v) is 5.02. The molecular weight excluding hydrogens is 216 g/mol. The standard InChI is InChI=1S/C11H13ClO3/c1-7(2)15-10(11(13)14)8-3-5-9(12)6-4-8/h3-7,10H,1-2H3,(H,13,14)/t10-/m0/s1. The molecule has 1 N–H and O–H groups in total. The topological polar surface area (TPSA) is 46.5 Å². The fourth-order valence-electron chi connectivity index (χ4n) is 1.19. The van der Waals surface area contributed by atoms with Gasteiger partial charge in [0.25, 0.3) is 0 Å². The van der Waals surface area contributed by atoms with Gasteiger partial charge in [0.05, 0.1) is 6.10 Å². The smallest absolute Gasteiger partial charge is 0.337 e. The van der Waals surface area contributed by atoms with Crippen molar-refractivity contribution in [3.05, 3.63) is 34.9 Å². The Morgan fingerprint density at radius 1 is 1.33 bits per heavy atom. The molecule has 0 amide bonds. The van der Waals surface area contributed by atoms with Crippen LogP contribution in [0.2, 0.25) is 5.02 Å². The second-order valence-electron chi connectivity index (χ2n) is 3.45. The average molecular weight is 229 g/mol. The number of rotatable bonds is 4. The molecule has 0 heterocycles. The van der Waals surface area contributed by atoms with Crippen molar-refractivity contribution in [1.29, 1.82) is 0 Å². The van der Waals surface area contributed by atoms with E-state index in [0.717, 1.165) is 0 Å². The molecule has 0 saturated carbocycles. The van der Waals surface area contributed by atoms with Crippen LogP contribution in [0.5, 0.6) is 0 Å². The number of ether oxygens (including phenoxy) is 1. The molecule has 1 rings (SSSR count). The summed E-state index contributed by atoms with van der Waals surface area (Å²) in [6.07, 6.45) is -1.07. The zero-order chi connectivity index (χ0) is 11.4. The third kappa shape index (κ3) is 3.53. The SMILES string of the molecule is CC(C)O[C@H](C(=O)O)c1ccc(Cl)cc1. The van der Waals surface area contributed by atoms with Gasteiger partial charge in [-0.25, -0.2) is 4.79 Å². The molecule has 0 spiro atoms. The molecule has 3 nitrogen and oxygen atoms in total. The molecule has 0 aliphatic rings. The molecule has 4 heteroatoms. The number of halogens is 1. The van der Waals surface area contributed by atoms with Gasteiger partial charge in [-0.05, 0) is 31.5 Å². The van der Waals surface area contributed by atoms with Crippen LogP contribution in [0, 0.1) is 0 Å². The lowest BCUT2D eigenvalue weighted by molar-refractivity contribution is -0.153. The van der Waals surface area contributed by atoms with Crippen molar-refractivity contribution >= 4 is 17.6 Å². The largest absolute Gasteiger partial charge is 0.479 e. The third-order valence-electron chi connectivity index (χ3n) is 1.81. The Balaban J connectivity index is 2.89. The summed E-state index contributed by atoms with van der Waals surface area (Å²) in [6.45, 7) is 3.59. The molecule has 1 aromatic rings. The normalized spacial score (nSPS) is 12.8. The van der Waals surface area contributed by atoms with Crippen molar-refractivity contribution in [2.75, 3.05) is 0 Å². The zero-order valence-corrected chi connectivity index (χ0v) is 9.36. The summed E-state index contributed by atoms with van der Waals surface area (Å²) in [5, 5.41) is 9.56. The van der Waals surface area contributed by atoms with E-state index in [2.05, 4.69) is 0 Å². The third-order valence-corrected chi connectivity index (χ3v) is 2.06. The first kappa shape index (κ1) is 12.0. The first-order chi connectivity index (χ1) is 7.00. The van der Waals surface area contributed by atoms with Gasteiger partial charge < -0.3 is 9.84 Å². The maximum absolute atomic E-state index is 11.0. The monoisotopic (exact) mass is 228 g/mol. The minimum atomic E-state index is -0.994. The van der Waals surface area contributed by atoms with Crippen LogP contribution in [0.15, 0.2) is 24.3 Å². The van der Waals surface area contributed by atoms with Crippen molar-refractivity contribution in [3.8, 4) is 0 Å². The molecule has 0 aliphatic carbocycles. The Hall–Kier alpha value is -1.06. The van der Waals surface area contributed by atoms with E-state index >= 15 is 0 Å². The molecular formula is C11H13ClO3. The minimum Gasteiger partial charge on any atom is -0.479 e. The van der Waals surface area contributed by atoms with Crippen LogP contribution in [0.3, 0.4) is 0 Å². The molecule has 1 aromatic carbocycles. The van der Waals surface area contributed by atoms with Crippen LogP contribution in [-0.2, 0) is 9.53 Å². The molecule has 0 fully saturated rings. The molecule has 0 radical (unpaired) electrons. The van der Waals surface area contributed by atoms with E-state index in [9.17, 15) is 4.79 Å². The molecule has 0 bridgehead atoms. The summed E-state index contributed by atoms with van der Waals surface area (Å²) in [7, 11) is 0. The molecule has 0 saturated heterocycles. The summed E-state index contributed by atoms with van der Waals surface area (Å²) >= 11 is 5.71. The van der Waals surface area contributed by atoms with Crippen LogP contribution >= 0.6 is 11.6 Å². The van der Waals surface area contributed by atoms with E-state index in [1.807, 2.05) is 0 Å². The molecule has 15 heavy (non-hydrogen) atoms. The second kappa shape index (κ2) is 5.14. The summed E-state index contributed by atoms with van der Waals surface area (Å²) in [5.74, 6) is -0.994. The highest BCUT2D eigenvalue weighted by Crippen LogP contribution is 2.21. The van der Waals surface area contributed by atoms with Crippen LogP contribution < -0.4 is 0 Å². The van der Waals surface area contributed by atoms with Gasteiger partial charge in [-0.2, -0.15) is 0 Å². The van der Waals surface area contributed by atoms with Crippen LogP contribution in [0.4, 0.5) is 0 Å². The van der Waals surface area contributed by atoms with Gasteiger partial charge in [0.2, 0.25) is 0 Å². The molecule has 82 valence electrons. The number of hydrogen-bond acceptors (Lipinski definition) is 2. The Kier molecular flexibility index (Phi) is 4.12. The number of carbonyl (C=O) groups is 1. The van der Waals surface area contributed by atoms with Gasteiger partial charge in [-0.3, -0.25) is 0 Å². The second-order valence-corrected chi connectivity index (χ2v) is 3.89. The van der Waals surface area contributed by atoms with Crippen molar-refractivity contribution in [2.45, 2.75) is 26.1 Å². The fourth-order valence-corrected chi connectivity index (χ4v) is 1.32. The molecule has 0 aliphatic heterocycles.